The van der Waals surface area contributed by atoms with E-state index in [1.807, 2.05) is 0 Å². The molecule has 0 bridgehead atoms. The molecule has 0 aliphatic rings. The van der Waals surface area contributed by atoms with Gasteiger partial charge < -0.3 is 20.5 Å². The van der Waals surface area contributed by atoms with Gasteiger partial charge in [-0.1, -0.05) is 6.07 Å². The Bertz CT molecular complexity index is 462. The maximum atomic E-state index is 11.7. The predicted molar refractivity (Wildman–Crippen MR) is 77.3 cm³/mol. The minimum absolute atomic E-state index is 0.111. The van der Waals surface area contributed by atoms with Gasteiger partial charge >= 0.3 is 12.0 Å². The minimum Gasteiger partial charge on any atom is -0.480 e. The smallest absolute Gasteiger partial charge is 0.328 e. The summed E-state index contributed by atoms with van der Waals surface area (Å²) < 4.78 is 6.08. The molecule has 0 spiro atoms. The van der Waals surface area contributed by atoms with E-state index < -0.39 is 18.0 Å². The van der Waals surface area contributed by atoms with Crippen molar-refractivity contribution >= 4 is 49.5 Å². The number of benzene rings is 1. The van der Waals surface area contributed by atoms with E-state index in [-0.39, 0.29) is 6.61 Å². The molecule has 0 saturated carbocycles. The van der Waals surface area contributed by atoms with Crippen LogP contribution in [0.4, 0.5) is 10.5 Å². The van der Waals surface area contributed by atoms with Crippen LogP contribution in [-0.2, 0) is 9.53 Å². The summed E-state index contributed by atoms with van der Waals surface area (Å²) in [5.41, 5.74) is 0.515. The largest absolute Gasteiger partial charge is 0.480 e. The van der Waals surface area contributed by atoms with Crippen LogP contribution in [0.1, 0.15) is 0 Å². The van der Waals surface area contributed by atoms with E-state index in [9.17, 15) is 9.59 Å². The molecule has 6 nitrogen and oxygen atoms in total. The van der Waals surface area contributed by atoms with Gasteiger partial charge in [0, 0.05) is 16.1 Å². The lowest BCUT2D eigenvalue weighted by Gasteiger charge is -2.15. The van der Waals surface area contributed by atoms with Crippen molar-refractivity contribution in [3.63, 3.8) is 0 Å². The molecule has 0 fully saturated rings. The molecule has 3 N–H and O–H groups in total. The van der Waals surface area contributed by atoms with Crippen LogP contribution in [0.5, 0.6) is 0 Å². The molecule has 0 aliphatic heterocycles. The molecule has 0 aromatic heterocycles. The van der Waals surface area contributed by atoms with Gasteiger partial charge in [0.05, 0.1) is 12.3 Å². The average Bonchev–Trinajstić information content (AvgIpc) is 2.33. The highest BCUT2D eigenvalue weighted by molar-refractivity contribution is 9.11. The molecule has 1 rings (SSSR count). The fourth-order valence-electron chi connectivity index (χ4n) is 1.27. The van der Waals surface area contributed by atoms with Crippen LogP contribution >= 0.6 is 31.9 Å². The Kier molecular flexibility index (Phi) is 6.26. The van der Waals surface area contributed by atoms with Gasteiger partial charge in [0.1, 0.15) is 0 Å². The molecule has 2 amide bonds. The first-order valence-electron chi connectivity index (χ1n) is 5.19. The van der Waals surface area contributed by atoms with Crippen LogP contribution in [0.3, 0.4) is 0 Å². The lowest BCUT2D eigenvalue weighted by Crippen LogP contribution is -2.45. The minimum atomic E-state index is -1.16. The number of anilines is 1. The van der Waals surface area contributed by atoms with Crippen LogP contribution < -0.4 is 10.6 Å². The first-order chi connectivity index (χ1) is 8.95. The van der Waals surface area contributed by atoms with Gasteiger partial charge in [0.2, 0.25) is 0 Å². The molecule has 8 heteroatoms. The van der Waals surface area contributed by atoms with Crippen LogP contribution in [0.25, 0.3) is 0 Å². The number of hydrogen-bond acceptors (Lipinski definition) is 3. The normalized spacial score (nSPS) is 11.7. The number of carboxylic acid groups (broad SMARTS) is 1. The Morgan fingerprint density at radius 1 is 1.37 bits per heavy atom. The summed E-state index contributed by atoms with van der Waals surface area (Å²) in [6, 6.07) is 3.57. The Hall–Kier alpha value is -1.12. The lowest BCUT2D eigenvalue weighted by molar-refractivity contribution is -0.140. The van der Waals surface area contributed by atoms with Crippen molar-refractivity contribution in [3.05, 3.63) is 27.1 Å². The van der Waals surface area contributed by atoms with Crippen molar-refractivity contribution in [2.75, 3.05) is 19.0 Å². The third-order valence-electron chi connectivity index (χ3n) is 2.14. The fourth-order valence-corrected chi connectivity index (χ4v) is 2.46. The van der Waals surface area contributed by atoms with Crippen molar-refractivity contribution in [1.82, 2.24) is 5.32 Å². The number of methoxy groups -OCH3 is 1. The number of para-hydroxylation sites is 1. The summed E-state index contributed by atoms with van der Waals surface area (Å²) in [4.78, 5) is 22.6. The van der Waals surface area contributed by atoms with Gasteiger partial charge in [-0.3, -0.25) is 0 Å². The van der Waals surface area contributed by atoms with Gasteiger partial charge in [-0.05, 0) is 44.0 Å². The lowest BCUT2D eigenvalue weighted by atomic mass is 10.3. The van der Waals surface area contributed by atoms with E-state index in [1.54, 1.807) is 18.2 Å². The average molecular weight is 396 g/mol. The SMILES string of the molecule is COCC(NC(=O)Nc1c(Br)cccc1Br)C(=O)O. The maximum Gasteiger partial charge on any atom is 0.328 e. The summed E-state index contributed by atoms with van der Waals surface area (Å²) in [7, 11) is 1.36. The molecule has 1 atom stereocenters. The van der Waals surface area contributed by atoms with Crippen LogP contribution in [0.15, 0.2) is 27.1 Å². The summed E-state index contributed by atoms with van der Waals surface area (Å²) in [6.07, 6.45) is 0. The van der Waals surface area contributed by atoms with E-state index >= 15 is 0 Å². The zero-order chi connectivity index (χ0) is 14.4. The molecule has 0 saturated heterocycles. The predicted octanol–water partition coefficient (Wildman–Crippen LogP) is 2.43. The quantitative estimate of drug-likeness (QED) is 0.714. The molecule has 19 heavy (non-hydrogen) atoms. The van der Waals surface area contributed by atoms with E-state index in [1.165, 1.54) is 7.11 Å². The van der Waals surface area contributed by atoms with Gasteiger partial charge in [0.15, 0.2) is 6.04 Å². The number of carboxylic acids is 1. The van der Waals surface area contributed by atoms with E-state index in [0.717, 1.165) is 0 Å². The number of aliphatic carboxylic acids is 1. The van der Waals surface area contributed by atoms with Crippen molar-refractivity contribution in [3.8, 4) is 0 Å². The first-order valence-corrected chi connectivity index (χ1v) is 6.77. The van der Waals surface area contributed by atoms with Crippen molar-refractivity contribution in [1.29, 1.82) is 0 Å². The second-order valence-corrected chi connectivity index (χ2v) is 5.25. The molecule has 0 aliphatic carbocycles. The third kappa shape index (κ3) is 4.81. The van der Waals surface area contributed by atoms with E-state index in [2.05, 4.69) is 42.5 Å². The number of halogens is 2. The molecular weight excluding hydrogens is 384 g/mol. The van der Waals surface area contributed by atoms with Crippen molar-refractivity contribution < 1.29 is 19.4 Å². The monoisotopic (exact) mass is 394 g/mol. The number of carbonyl (C=O) groups excluding carboxylic acids is 1. The van der Waals surface area contributed by atoms with Gasteiger partial charge in [-0.25, -0.2) is 9.59 Å². The van der Waals surface area contributed by atoms with Crippen LogP contribution in [0.2, 0.25) is 0 Å². The maximum absolute atomic E-state index is 11.7. The van der Waals surface area contributed by atoms with E-state index in [4.69, 9.17) is 9.84 Å². The molecule has 1 aromatic rings. The van der Waals surface area contributed by atoms with Crippen LogP contribution in [0, 0.1) is 0 Å². The second kappa shape index (κ2) is 7.46. The molecule has 0 heterocycles. The molecule has 0 radical (unpaired) electrons. The Balaban J connectivity index is 2.72. The van der Waals surface area contributed by atoms with Crippen molar-refractivity contribution in [2.45, 2.75) is 6.04 Å². The second-order valence-electron chi connectivity index (χ2n) is 3.54. The highest BCUT2D eigenvalue weighted by Gasteiger charge is 2.20. The number of rotatable bonds is 5. The summed E-state index contributed by atoms with van der Waals surface area (Å²) >= 11 is 6.58. The highest BCUT2D eigenvalue weighted by atomic mass is 79.9. The Morgan fingerprint density at radius 3 is 2.42 bits per heavy atom. The number of amides is 2. The zero-order valence-electron chi connectivity index (χ0n) is 9.94. The topological polar surface area (TPSA) is 87.7 Å². The summed E-state index contributed by atoms with van der Waals surface area (Å²) in [5, 5.41) is 13.8. The number of hydrogen-bond donors (Lipinski definition) is 3. The summed E-state index contributed by atoms with van der Waals surface area (Å²) in [6.45, 7) is -0.111. The molecule has 104 valence electrons. The fraction of sp³-hybridized carbons (Fsp3) is 0.273. The number of carbonyl (C=O) groups is 2. The standard InChI is InChI=1S/C11H12Br2N2O4/c1-19-5-8(10(16)17)14-11(18)15-9-6(12)3-2-4-7(9)13/h2-4,8H,5H2,1H3,(H,16,17)(H2,14,15,18). The van der Waals surface area contributed by atoms with E-state index in [0.29, 0.717) is 14.6 Å². The highest BCUT2D eigenvalue weighted by Crippen LogP contribution is 2.30. The molecule has 1 unspecified atom stereocenters. The molecule has 1 aromatic carbocycles. The molecular formula is C11H12Br2N2O4. The third-order valence-corrected chi connectivity index (χ3v) is 3.46. The number of ether oxygens (including phenoxy) is 1. The van der Waals surface area contributed by atoms with Gasteiger partial charge in [0.25, 0.3) is 0 Å². The van der Waals surface area contributed by atoms with Gasteiger partial charge in [-0.15, -0.1) is 0 Å². The zero-order valence-corrected chi connectivity index (χ0v) is 13.1. The van der Waals surface area contributed by atoms with Crippen LogP contribution in [-0.4, -0.2) is 36.9 Å². The first kappa shape index (κ1) is 15.9. The van der Waals surface area contributed by atoms with Crippen molar-refractivity contribution in [2.24, 2.45) is 0 Å². The Morgan fingerprint density at radius 2 is 1.95 bits per heavy atom. The van der Waals surface area contributed by atoms with Gasteiger partial charge in [-0.2, -0.15) is 0 Å². The Labute approximate surface area is 126 Å². The number of urea groups is 1. The number of nitrogens with one attached hydrogen (secondary N) is 2. The summed E-state index contributed by atoms with van der Waals surface area (Å²) in [5.74, 6) is -1.16.